The number of aryl methyl sites for hydroxylation is 1. The predicted molar refractivity (Wildman–Crippen MR) is 69.4 cm³/mol. The molecule has 0 aromatic heterocycles. The van der Waals surface area contributed by atoms with Crippen molar-refractivity contribution in [2.24, 2.45) is 5.92 Å². The van der Waals surface area contributed by atoms with E-state index in [-0.39, 0.29) is 12.6 Å². The highest BCUT2D eigenvalue weighted by atomic mass is 79.9. The van der Waals surface area contributed by atoms with Gasteiger partial charge in [-0.3, -0.25) is 0 Å². The minimum Gasteiger partial charge on any atom is -0.394 e. The van der Waals surface area contributed by atoms with Crippen molar-refractivity contribution in [3.05, 3.63) is 33.8 Å². The first-order valence-electron chi connectivity index (χ1n) is 5.81. The molecule has 0 bridgehead atoms. The Morgan fingerprint density at radius 3 is 2.81 bits per heavy atom. The molecule has 0 amide bonds. The van der Waals surface area contributed by atoms with Crippen molar-refractivity contribution in [3.8, 4) is 0 Å². The number of aliphatic hydroxyl groups excluding tert-OH is 1. The topological polar surface area (TPSA) is 32.3 Å². The summed E-state index contributed by atoms with van der Waals surface area (Å²) in [5, 5.41) is 12.8. The third-order valence-electron chi connectivity index (χ3n) is 3.12. The summed E-state index contributed by atoms with van der Waals surface area (Å²) in [4.78, 5) is 0. The van der Waals surface area contributed by atoms with E-state index in [1.807, 2.05) is 6.07 Å². The summed E-state index contributed by atoms with van der Waals surface area (Å²) in [7, 11) is 0. The summed E-state index contributed by atoms with van der Waals surface area (Å²) in [6.45, 7) is 3.26. The van der Waals surface area contributed by atoms with Crippen LogP contribution in [0.25, 0.3) is 0 Å². The molecule has 2 N–H and O–H groups in total. The number of hydrogen-bond acceptors (Lipinski definition) is 2. The molecule has 1 aromatic carbocycles. The van der Waals surface area contributed by atoms with Gasteiger partial charge < -0.3 is 10.4 Å². The van der Waals surface area contributed by atoms with Crippen LogP contribution < -0.4 is 5.32 Å². The Morgan fingerprint density at radius 2 is 2.25 bits per heavy atom. The van der Waals surface area contributed by atoms with Gasteiger partial charge in [0.15, 0.2) is 0 Å². The second-order valence-electron chi connectivity index (χ2n) is 4.60. The van der Waals surface area contributed by atoms with E-state index in [1.165, 1.54) is 24.0 Å². The quantitative estimate of drug-likeness (QED) is 0.871. The largest absolute Gasteiger partial charge is 0.394 e. The highest BCUT2D eigenvalue weighted by Crippen LogP contribution is 2.29. The van der Waals surface area contributed by atoms with E-state index < -0.39 is 0 Å². The van der Waals surface area contributed by atoms with Crippen LogP contribution in [0.2, 0.25) is 0 Å². The summed E-state index contributed by atoms with van der Waals surface area (Å²) in [6.07, 6.45) is 2.68. The fourth-order valence-electron chi connectivity index (χ4n) is 1.80. The van der Waals surface area contributed by atoms with Crippen LogP contribution in [0.1, 0.15) is 30.0 Å². The normalized spacial score (nSPS) is 17.4. The van der Waals surface area contributed by atoms with Crippen molar-refractivity contribution in [1.82, 2.24) is 5.32 Å². The Bertz CT molecular complexity index is 363. The van der Waals surface area contributed by atoms with Gasteiger partial charge in [-0.2, -0.15) is 0 Å². The molecule has 16 heavy (non-hydrogen) atoms. The van der Waals surface area contributed by atoms with Gasteiger partial charge in [0.2, 0.25) is 0 Å². The first kappa shape index (κ1) is 12.1. The maximum atomic E-state index is 9.40. The van der Waals surface area contributed by atoms with Crippen LogP contribution >= 0.6 is 15.9 Å². The van der Waals surface area contributed by atoms with Gasteiger partial charge in [0.05, 0.1) is 12.6 Å². The third-order valence-corrected chi connectivity index (χ3v) is 4.01. The van der Waals surface area contributed by atoms with Crippen LogP contribution in [0.5, 0.6) is 0 Å². The highest BCUT2D eigenvalue weighted by Gasteiger charge is 2.22. The Hall–Kier alpha value is -0.380. The standard InChI is InChI=1S/C13H18BrNO/c1-9-6-11(4-5-12(9)14)13(8-16)15-7-10-2-3-10/h4-6,10,13,15-16H,2-3,7-8H2,1H3. The molecule has 0 aliphatic heterocycles. The molecule has 3 heteroatoms. The molecule has 1 saturated carbocycles. The average Bonchev–Trinajstić information content (AvgIpc) is 3.08. The van der Waals surface area contributed by atoms with Crippen molar-refractivity contribution in [1.29, 1.82) is 0 Å². The smallest absolute Gasteiger partial charge is 0.0626 e. The third kappa shape index (κ3) is 3.06. The zero-order valence-corrected chi connectivity index (χ0v) is 11.1. The first-order chi connectivity index (χ1) is 7.70. The van der Waals surface area contributed by atoms with E-state index in [9.17, 15) is 5.11 Å². The fourth-order valence-corrected chi connectivity index (χ4v) is 2.05. The minimum absolute atomic E-state index is 0.0763. The predicted octanol–water partition coefficient (Wildman–Crippen LogP) is 2.79. The van der Waals surface area contributed by atoms with Gasteiger partial charge >= 0.3 is 0 Å². The molecule has 1 atom stereocenters. The number of benzene rings is 1. The highest BCUT2D eigenvalue weighted by molar-refractivity contribution is 9.10. The summed E-state index contributed by atoms with van der Waals surface area (Å²) in [5.74, 6) is 0.839. The molecule has 1 unspecified atom stereocenters. The molecule has 0 radical (unpaired) electrons. The van der Waals surface area contributed by atoms with Crippen molar-refractivity contribution >= 4 is 15.9 Å². The average molecular weight is 284 g/mol. The van der Waals surface area contributed by atoms with Gasteiger partial charge in [0.1, 0.15) is 0 Å². The maximum Gasteiger partial charge on any atom is 0.0626 e. The number of rotatable bonds is 5. The molecule has 2 rings (SSSR count). The lowest BCUT2D eigenvalue weighted by Gasteiger charge is -2.17. The van der Waals surface area contributed by atoms with Crippen LogP contribution in [0.4, 0.5) is 0 Å². The van der Waals surface area contributed by atoms with E-state index in [0.717, 1.165) is 16.9 Å². The number of hydrogen-bond donors (Lipinski definition) is 2. The molecule has 1 aliphatic carbocycles. The van der Waals surface area contributed by atoms with Crippen LogP contribution in [0.3, 0.4) is 0 Å². The maximum absolute atomic E-state index is 9.40. The molecule has 0 spiro atoms. The van der Waals surface area contributed by atoms with E-state index >= 15 is 0 Å². The van der Waals surface area contributed by atoms with E-state index in [2.05, 4.69) is 40.3 Å². The van der Waals surface area contributed by atoms with Gasteiger partial charge in [-0.05, 0) is 49.4 Å². The minimum atomic E-state index is 0.0763. The Kier molecular flexibility index (Phi) is 4.00. The number of nitrogens with one attached hydrogen (secondary N) is 1. The van der Waals surface area contributed by atoms with Crippen molar-refractivity contribution in [2.45, 2.75) is 25.8 Å². The van der Waals surface area contributed by atoms with Crippen molar-refractivity contribution in [3.63, 3.8) is 0 Å². The zero-order chi connectivity index (χ0) is 11.5. The van der Waals surface area contributed by atoms with Crippen molar-refractivity contribution < 1.29 is 5.11 Å². The Balaban J connectivity index is 2.02. The van der Waals surface area contributed by atoms with Crippen LogP contribution in [-0.2, 0) is 0 Å². The lowest BCUT2D eigenvalue weighted by atomic mass is 10.0. The lowest BCUT2D eigenvalue weighted by molar-refractivity contribution is 0.243. The zero-order valence-electron chi connectivity index (χ0n) is 9.54. The van der Waals surface area contributed by atoms with Crippen molar-refractivity contribution in [2.75, 3.05) is 13.2 Å². The first-order valence-corrected chi connectivity index (χ1v) is 6.60. The van der Waals surface area contributed by atoms with Crippen LogP contribution in [0.15, 0.2) is 22.7 Å². The van der Waals surface area contributed by atoms with Gasteiger partial charge in [-0.15, -0.1) is 0 Å². The van der Waals surface area contributed by atoms with E-state index in [1.54, 1.807) is 0 Å². The van der Waals surface area contributed by atoms with Gasteiger partial charge in [0, 0.05) is 4.47 Å². The monoisotopic (exact) mass is 283 g/mol. The fraction of sp³-hybridized carbons (Fsp3) is 0.538. The molecule has 88 valence electrons. The summed E-state index contributed by atoms with van der Waals surface area (Å²) in [5.41, 5.74) is 2.38. The van der Waals surface area contributed by atoms with Gasteiger partial charge in [-0.25, -0.2) is 0 Å². The number of aliphatic hydroxyl groups is 1. The SMILES string of the molecule is Cc1cc(C(CO)NCC2CC2)ccc1Br. The Labute approximate surface area is 105 Å². The summed E-state index contributed by atoms with van der Waals surface area (Å²) < 4.78 is 1.12. The Morgan fingerprint density at radius 1 is 1.50 bits per heavy atom. The van der Waals surface area contributed by atoms with E-state index in [0.29, 0.717) is 0 Å². The lowest BCUT2D eigenvalue weighted by Crippen LogP contribution is -2.26. The summed E-state index contributed by atoms with van der Waals surface area (Å²) in [6, 6.07) is 6.32. The second kappa shape index (κ2) is 5.30. The molecule has 1 aromatic rings. The summed E-state index contributed by atoms with van der Waals surface area (Å²) >= 11 is 3.49. The van der Waals surface area contributed by atoms with Crippen LogP contribution in [0, 0.1) is 12.8 Å². The van der Waals surface area contributed by atoms with Gasteiger partial charge in [0.25, 0.3) is 0 Å². The molecule has 0 heterocycles. The second-order valence-corrected chi connectivity index (χ2v) is 5.45. The molecule has 2 nitrogen and oxygen atoms in total. The molecular formula is C13H18BrNO. The van der Waals surface area contributed by atoms with Crippen LogP contribution in [-0.4, -0.2) is 18.3 Å². The van der Waals surface area contributed by atoms with E-state index in [4.69, 9.17) is 0 Å². The molecule has 1 aliphatic rings. The van der Waals surface area contributed by atoms with Gasteiger partial charge in [-0.1, -0.05) is 28.1 Å². The molecule has 1 fully saturated rings. The molecule has 0 saturated heterocycles. The molecular weight excluding hydrogens is 266 g/mol. The number of halogens is 1.